The lowest BCUT2D eigenvalue weighted by Gasteiger charge is -2.36. The van der Waals surface area contributed by atoms with Gasteiger partial charge in [0.15, 0.2) is 0 Å². The molecule has 1 fully saturated rings. The molecule has 2 rings (SSSR count). The van der Waals surface area contributed by atoms with Gasteiger partial charge < -0.3 is 15.2 Å². The Balaban J connectivity index is 2.15. The zero-order chi connectivity index (χ0) is 14.7. The molecule has 1 aliphatic heterocycles. The van der Waals surface area contributed by atoms with E-state index in [1.165, 1.54) is 0 Å². The van der Waals surface area contributed by atoms with Crippen molar-refractivity contribution < 1.29 is 4.79 Å². The number of nitrogens with two attached hydrogens (primary N) is 1. The van der Waals surface area contributed by atoms with Crippen LogP contribution >= 0.6 is 15.9 Å². The average molecular weight is 342 g/mol. The van der Waals surface area contributed by atoms with E-state index in [1.54, 1.807) is 0 Å². The molecule has 0 aliphatic carbocycles. The van der Waals surface area contributed by atoms with Crippen molar-refractivity contribution in [2.24, 2.45) is 11.7 Å². The molecule has 2 unspecified atom stereocenters. The third kappa shape index (κ3) is 3.26. The van der Waals surface area contributed by atoms with Crippen LogP contribution in [0.1, 0.15) is 43.6 Å². The number of nitrogens with zero attached hydrogens (tertiary/aromatic N) is 2. The second-order valence-electron chi connectivity index (χ2n) is 5.61. The van der Waals surface area contributed by atoms with Gasteiger partial charge in [-0.3, -0.25) is 4.79 Å². The van der Waals surface area contributed by atoms with Gasteiger partial charge in [-0.05, 0) is 40.8 Å². The van der Waals surface area contributed by atoms with Crippen molar-refractivity contribution >= 4 is 21.8 Å². The molecule has 0 radical (unpaired) electrons. The summed E-state index contributed by atoms with van der Waals surface area (Å²) in [5, 5.41) is 0. The third-order valence-corrected chi connectivity index (χ3v) is 4.58. The standard InChI is InChI=1S/C15H24BrN3O/c1-3-6-18-10-12(16)8-14(18)15(20)19-7-5-13(17)11(4-2)9-19/h8,10-11,13H,3-7,9,17H2,1-2H3. The number of aromatic nitrogens is 1. The van der Waals surface area contributed by atoms with Gasteiger partial charge >= 0.3 is 0 Å². The van der Waals surface area contributed by atoms with E-state index in [2.05, 4.69) is 29.8 Å². The van der Waals surface area contributed by atoms with E-state index in [4.69, 9.17) is 5.73 Å². The number of hydrogen-bond acceptors (Lipinski definition) is 2. The molecule has 0 bridgehead atoms. The Morgan fingerprint density at radius 3 is 2.90 bits per heavy atom. The third-order valence-electron chi connectivity index (χ3n) is 4.15. The maximum Gasteiger partial charge on any atom is 0.270 e. The molecular weight excluding hydrogens is 318 g/mol. The molecule has 2 N–H and O–H groups in total. The van der Waals surface area contributed by atoms with Crippen molar-refractivity contribution in [2.75, 3.05) is 13.1 Å². The van der Waals surface area contributed by atoms with Crippen molar-refractivity contribution in [2.45, 2.75) is 45.7 Å². The molecule has 20 heavy (non-hydrogen) atoms. The van der Waals surface area contributed by atoms with Crippen molar-refractivity contribution in [3.8, 4) is 0 Å². The van der Waals surface area contributed by atoms with Crippen molar-refractivity contribution in [3.63, 3.8) is 0 Å². The molecule has 1 amide bonds. The van der Waals surface area contributed by atoms with Crippen LogP contribution in [0.2, 0.25) is 0 Å². The molecule has 2 heterocycles. The molecule has 1 aliphatic rings. The number of carbonyl (C=O) groups excluding carboxylic acids is 1. The molecule has 5 heteroatoms. The highest BCUT2D eigenvalue weighted by Gasteiger charge is 2.29. The summed E-state index contributed by atoms with van der Waals surface area (Å²) in [6.07, 6.45) is 4.94. The number of halogens is 1. The summed E-state index contributed by atoms with van der Waals surface area (Å²) in [5.41, 5.74) is 6.90. The van der Waals surface area contributed by atoms with Crippen LogP contribution in [0.25, 0.3) is 0 Å². The number of carbonyl (C=O) groups is 1. The first-order chi connectivity index (χ1) is 9.56. The number of amides is 1. The molecule has 0 aromatic carbocycles. The van der Waals surface area contributed by atoms with Crippen molar-refractivity contribution in [3.05, 3.63) is 22.4 Å². The Morgan fingerprint density at radius 1 is 1.50 bits per heavy atom. The highest BCUT2D eigenvalue weighted by atomic mass is 79.9. The molecule has 0 saturated carbocycles. The fourth-order valence-corrected chi connectivity index (χ4v) is 3.37. The van der Waals surface area contributed by atoms with E-state index < -0.39 is 0 Å². The zero-order valence-corrected chi connectivity index (χ0v) is 13.9. The van der Waals surface area contributed by atoms with Gasteiger partial charge in [0.05, 0.1) is 0 Å². The molecule has 1 aromatic rings. The summed E-state index contributed by atoms with van der Waals surface area (Å²) in [7, 11) is 0. The molecule has 1 saturated heterocycles. The lowest BCUT2D eigenvalue weighted by atomic mass is 9.90. The van der Waals surface area contributed by atoms with E-state index in [9.17, 15) is 4.79 Å². The van der Waals surface area contributed by atoms with Gasteiger partial charge in [-0.15, -0.1) is 0 Å². The van der Waals surface area contributed by atoms with Crippen molar-refractivity contribution in [1.82, 2.24) is 9.47 Å². The van der Waals surface area contributed by atoms with Crippen molar-refractivity contribution in [1.29, 1.82) is 0 Å². The van der Waals surface area contributed by atoms with Gasteiger partial charge in [-0.2, -0.15) is 0 Å². The molecule has 112 valence electrons. The predicted molar refractivity (Wildman–Crippen MR) is 84.7 cm³/mol. The number of aryl methyl sites for hydroxylation is 1. The maximum absolute atomic E-state index is 12.7. The molecule has 0 spiro atoms. The summed E-state index contributed by atoms with van der Waals surface area (Å²) in [6.45, 7) is 6.69. The van der Waals surface area contributed by atoms with Crippen LogP contribution in [0.15, 0.2) is 16.7 Å². The predicted octanol–water partition coefficient (Wildman–Crippen LogP) is 2.86. The Kier molecular flexibility index (Phi) is 5.27. The monoisotopic (exact) mass is 341 g/mol. The topological polar surface area (TPSA) is 51.3 Å². The van der Waals surface area contributed by atoms with Gasteiger partial charge in [0.1, 0.15) is 5.69 Å². The van der Waals surface area contributed by atoms with Gasteiger partial charge in [0.2, 0.25) is 0 Å². The van der Waals surface area contributed by atoms with Gasteiger partial charge in [0, 0.05) is 36.3 Å². The second kappa shape index (κ2) is 6.76. The number of likely N-dealkylation sites (tertiary alicyclic amines) is 1. The summed E-state index contributed by atoms with van der Waals surface area (Å²) < 4.78 is 3.01. The van der Waals surface area contributed by atoms with E-state index in [-0.39, 0.29) is 11.9 Å². The molecule has 2 atom stereocenters. The Morgan fingerprint density at radius 2 is 2.25 bits per heavy atom. The molecular formula is C15H24BrN3O. The van der Waals surface area contributed by atoms with Crippen LogP contribution in [-0.2, 0) is 6.54 Å². The molecule has 4 nitrogen and oxygen atoms in total. The summed E-state index contributed by atoms with van der Waals surface area (Å²) in [6, 6.07) is 2.16. The van der Waals surface area contributed by atoms with Crippen LogP contribution in [0.4, 0.5) is 0 Å². The van der Waals surface area contributed by atoms with E-state index >= 15 is 0 Å². The smallest absolute Gasteiger partial charge is 0.270 e. The minimum atomic E-state index is 0.134. The first-order valence-corrected chi connectivity index (χ1v) is 8.26. The first kappa shape index (κ1) is 15.6. The quantitative estimate of drug-likeness (QED) is 0.915. The normalized spacial score (nSPS) is 23.1. The lowest BCUT2D eigenvalue weighted by molar-refractivity contribution is 0.0638. The number of rotatable bonds is 4. The Hall–Kier alpha value is -0.810. The minimum Gasteiger partial charge on any atom is -0.342 e. The lowest BCUT2D eigenvalue weighted by Crippen LogP contribution is -2.49. The average Bonchev–Trinajstić information content (AvgIpc) is 2.80. The largest absolute Gasteiger partial charge is 0.342 e. The summed E-state index contributed by atoms with van der Waals surface area (Å²) >= 11 is 3.47. The van der Waals surface area contributed by atoms with Crippen LogP contribution in [0, 0.1) is 5.92 Å². The van der Waals surface area contributed by atoms with E-state index in [0.717, 1.165) is 49.1 Å². The van der Waals surface area contributed by atoms with E-state index in [1.807, 2.05) is 21.7 Å². The van der Waals surface area contributed by atoms with E-state index in [0.29, 0.717) is 5.92 Å². The Labute approximate surface area is 129 Å². The SMILES string of the molecule is CCCn1cc(Br)cc1C(=O)N1CCC(N)C(CC)C1. The van der Waals surface area contributed by atoms with Crippen LogP contribution in [0.3, 0.4) is 0 Å². The fourth-order valence-electron chi connectivity index (χ4n) is 2.91. The highest BCUT2D eigenvalue weighted by molar-refractivity contribution is 9.10. The highest BCUT2D eigenvalue weighted by Crippen LogP contribution is 2.22. The fraction of sp³-hybridized carbons (Fsp3) is 0.667. The first-order valence-electron chi connectivity index (χ1n) is 7.47. The van der Waals surface area contributed by atoms with Gasteiger partial charge in [-0.1, -0.05) is 20.3 Å². The molecule has 1 aromatic heterocycles. The van der Waals surface area contributed by atoms with Gasteiger partial charge in [-0.25, -0.2) is 0 Å². The van der Waals surface area contributed by atoms with Gasteiger partial charge in [0.25, 0.3) is 5.91 Å². The minimum absolute atomic E-state index is 0.134. The number of hydrogen-bond donors (Lipinski definition) is 1. The summed E-state index contributed by atoms with van der Waals surface area (Å²) in [5.74, 6) is 0.556. The van der Waals surface area contributed by atoms with Crippen LogP contribution in [-0.4, -0.2) is 34.5 Å². The Bertz CT molecular complexity index is 472. The summed E-state index contributed by atoms with van der Waals surface area (Å²) in [4.78, 5) is 14.7. The van der Waals surface area contributed by atoms with Crippen LogP contribution < -0.4 is 5.73 Å². The second-order valence-corrected chi connectivity index (χ2v) is 6.52. The van der Waals surface area contributed by atoms with Crippen LogP contribution in [0.5, 0.6) is 0 Å². The maximum atomic E-state index is 12.7. The zero-order valence-electron chi connectivity index (χ0n) is 12.3. The number of piperidine rings is 1.